The van der Waals surface area contributed by atoms with Gasteiger partial charge >= 0.3 is 0 Å². The number of aryl methyl sites for hydroxylation is 2. The van der Waals surface area contributed by atoms with Gasteiger partial charge in [0.2, 0.25) is 0 Å². The summed E-state index contributed by atoms with van der Waals surface area (Å²) >= 11 is 13.5. The van der Waals surface area contributed by atoms with E-state index in [2.05, 4.69) is 20.7 Å². The summed E-state index contributed by atoms with van der Waals surface area (Å²) in [7, 11) is 0. The number of amidine groups is 1. The molecule has 0 amide bonds. The van der Waals surface area contributed by atoms with Crippen LogP contribution in [-0.4, -0.2) is 28.7 Å². The van der Waals surface area contributed by atoms with Crippen molar-refractivity contribution in [3.8, 4) is 0 Å². The van der Waals surface area contributed by atoms with Crippen LogP contribution in [0.2, 0.25) is 10.0 Å². The third kappa shape index (κ3) is 5.11. The first-order chi connectivity index (χ1) is 14.9. The molecule has 0 bridgehead atoms. The molecule has 3 aromatic rings. The lowest BCUT2D eigenvalue weighted by Gasteiger charge is -2.25. The van der Waals surface area contributed by atoms with E-state index in [0.29, 0.717) is 40.0 Å². The maximum atomic E-state index is 14.4. The van der Waals surface area contributed by atoms with Gasteiger partial charge in [0.15, 0.2) is 11.7 Å². The third-order valence-corrected chi connectivity index (χ3v) is 6.38. The standard InChI is InChI=1S/C22H19Cl2FN4OS/c1-12-6-7-14(18(24)8-12)10-15-11-30-29-21(26-15)16-9-13(2)27-28-22(16)31-19-5-3-4-17(23)20(19)25/h3-9,15H,10-11H2,1-2H3,(H,26,29). The fourth-order valence-corrected chi connectivity index (χ4v) is 4.61. The predicted octanol–water partition coefficient (Wildman–Crippen LogP) is 5.58. The second kappa shape index (κ2) is 9.42. The number of hydrogen-bond donors (Lipinski definition) is 1. The minimum atomic E-state index is -0.496. The number of aromatic nitrogens is 2. The van der Waals surface area contributed by atoms with Crippen molar-refractivity contribution in [3.63, 3.8) is 0 Å². The van der Waals surface area contributed by atoms with Gasteiger partial charge in [0.05, 0.1) is 27.2 Å². The van der Waals surface area contributed by atoms with Crippen LogP contribution in [0, 0.1) is 19.7 Å². The van der Waals surface area contributed by atoms with Crippen LogP contribution in [0.15, 0.2) is 57.5 Å². The van der Waals surface area contributed by atoms with Gasteiger partial charge in [0.1, 0.15) is 11.6 Å². The highest BCUT2D eigenvalue weighted by Crippen LogP contribution is 2.33. The molecule has 9 heteroatoms. The molecule has 0 radical (unpaired) electrons. The molecule has 0 saturated carbocycles. The van der Waals surface area contributed by atoms with E-state index in [9.17, 15) is 4.39 Å². The van der Waals surface area contributed by atoms with E-state index in [-0.39, 0.29) is 11.1 Å². The van der Waals surface area contributed by atoms with E-state index in [0.717, 1.165) is 27.9 Å². The second-order valence-electron chi connectivity index (χ2n) is 7.23. The van der Waals surface area contributed by atoms with Crippen LogP contribution in [-0.2, 0) is 11.3 Å². The molecule has 2 heterocycles. The molecule has 1 aliphatic heterocycles. The van der Waals surface area contributed by atoms with Crippen molar-refractivity contribution < 1.29 is 9.23 Å². The molecule has 1 aliphatic rings. The number of nitrogens with one attached hydrogen (secondary N) is 1. The molecule has 0 saturated heterocycles. The summed E-state index contributed by atoms with van der Waals surface area (Å²) in [4.78, 5) is 5.86. The number of oxime groups is 1. The lowest BCUT2D eigenvalue weighted by atomic mass is 10.0. The Balaban J connectivity index is 1.59. The fourth-order valence-electron chi connectivity index (χ4n) is 3.16. The molecule has 1 aromatic heterocycles. The Labute approximate surface area is 194 Å². The summed E-state index contributed by atoms with van der Waals surface area (Å²) in [5, 5.41) is 17.2. The molecule has 1 unspecified atom stereocenters. The molecule has 1 atom stereocenters. The van der Waals surface area contributed by atoms with Crippen molar-refractivity contribution >= 4 is 40.8 Å². The first kappa shape index (κ1) is 21.9. The Kier molecular flexibility index (Phi) is 6.65. The zero-order chi connectivity index (χ0) is 22.0. The van der Waals surface area contributed by atoms with Gasteiger partial charge in [-0.25, -0.2) is 4.39 Å². The Bertz CT molecular complexity index is 1160. The number of halogens is 3. The molecule has 0 spiro atoms. The quantitative estimate of drug-likeness (QED) is 0.520. The van der Waals surface area contributed by atoms with Crippen molar-refractivity contribution in [2.45, 2.75) is 36.2 Å². The summed E-state index contributed by atoms with van der Waals surface area (Å²) in [6.45, 7) is 4.23. The van der Waals surface area contributed by atoms with Gasteiger partial charge in [0.25, 0.3) is 0 Å². The predicted molar refractivity (Wildman–Crippen MR) is 122 cm³/mol. The van der Waals surface area contributed by atoms with Crippen molar-refractivity contribution in [2.75, 3.05) is 6.61 Å². The number of benzene rings is 2. The average Bonchev–Trinajstić information content (AvgIpc) is 2.75. The average molecular weight is 477 g/mol. The Morgan fingerprint density at radius 3 is 2.77 bits per heavy atom. The largest absolute Gasteiger partial charge is 0.392 e. The lowest BCUT2D eigenvalue weighted by molar-refractivity contribution is 0.109. The van der Waals surface area contributed by atoms with Crippen LogP contribution >= 0.6 is 35.0 Å². The molecule has 0 fully saturated rings. The summed E-state index contributed by atoms with van der Waals surface area (Å²) < 4.78 is 14.4. The zero-order valence-electron chi connectivity index (χ0n) is 16.8. The summed E-state index contributed by atoms with van der Waals surface area (Å²) in [6, 6.07) is 12.6. The van der Waals surface area contributed by atoms with Crippen LogP contribution in [0.5, 0.6) is 0 Å². The van der Waals surface area contributed by atoms with Crippen LogP contribution in [0.1, 0.15) is 22.4 Å². The van der Waals surface area contributed by atoms with Crippen molar-refractivity contribution in [1.29, 1.82) is 0 Å². The Morgan fingerprint density at radius 1 is 1.13 bits per heavy atom. The number of rotatable bonds is 5. The van der Waals surface area contributed by atoms with Crippen LogP contribution in [0.4, 0.5) is 4.39 Å². The van der Waals surface area contributed by atoms with E-state index in [1.165, 1.54) is 6.07 Å². The van der Waals surface area contributed by atoms with Gasteiger partial charge in [-0.05, 0) is 55.7 Å². The van der Waals surface area contributed by atoms with Crippen molar-refractivity contribution in [1.82, 2.24) is 15.5 Å². The topological polar surface area (TPSA) is 59.4 Å². The van der Waals surface area contributed by atoms with Gasteiger partial charge in [-0.3, -0.25) is 0 Å². The third-order valence-electron chi connectivity index (χ3n) is 4.71. The highest BCUT2D eigenvalue weighted by atomic mass is 35.5. The van der Waals surface area contributed by atoms with E-state index in [4.69, 9.17) is 28.0 Å². The van der Waals surface area contributed by atoms with E-state index in [1.807, 2.05) is 38.1 Å². The summed E-state index contributed by atoms with van der Waals surface area (Å²) in [6.07, 6.45) is 0.668. The highest BCUT2D eigenvalue weighted by molar-refractivity contribution is 7.99. The SMILES string of the molecule is Cc1ccc(CC2CON=C(c3cc(C)nnc3Sc3cccc(Cl)c3F)N2)c(Cl)c1. The van der Waals surface area contributed by atoms with Gasteiger partial charge in [0, 0.05) is 5.02 Å². The minimum Gasteiger partial charge on any atom is -0.392 e. The Hall–Kier alpha value is -2.35. The normalized spacial score (nSPS) is 15.8. The fraction of sp³-hybridized carbons (Fsp3) is 0.227. The van der Waals surface area contributed by atoms with Gasteiger partial charge < -0.3 is 10.2 Å². The molecule has 160 valence electrons. The molecule has 2 aromatic carbocycles. The van der Waals surface area contributed by atoms with Gasteiger partial charge in [-0.15, -0.1) is 5.10 Å². The highest BCUT2D eigenvalue weighted by Gasteiger charge is 2.24. The first-order valence-electron chi connectivity index (χ1n) is 9.59. The van der Waals surface area contributed by atoms with Crippen LogP contribution < -0.4 is 5.32 Å². The number of hydrogen-bond acceptors (Lipinski definition) is 6. The molecular weight excluding hydrogens is 458 g/mol. The van der Waals surface area contributed by atoms with Gasteiger partial charge in [-0.2, -0.15) is 5.10 Å². The van der Waals surface area contributed by atoms with E-state index < -0.39 is 5.82 Å². The van der Waals surface area contributed by atoms with Crippen molar-refractivity contribution in [2.24, 2.45) is 5.16 Å². The molecule has 31 heavy (non-hydrogen) atoms. The zero-order valence-corrected chi connectivity index (χ0v) is 19.2. The lowest BCUT2D eigenvalue weighted by Crippen LogP contribution is -2.43. The summed E-state index contributed by atoms with van der Waals surface area (Å²) in [5.74, 6) is 0.0200. The summed E-state index contributed by atoms with van der Waals surface area (Å²) in [5.41, 5.74) is 3.52. The molecule has 1 N–H and O–H groups in total. The molecule has 5 nitrogen and oxygen atoms in total. The smallest absolute Gasteiger partial charge is 0.176 e. The minimum absolute atomic E-state index is 0.0399. The second-order valence-corrected chi connectivity index (χ2v) is 9.08. The van der Waals surface area contributed by atoms with E-state index >= 15 is 0 Å². The maximum absolute atomic E-state index is 14.4. The first-order valence-corrected chi connectivity index (χ1v) is 11.2. The molecule has 0 aliphatic carbocycles. The maximum Gasteiger partial charge on any atom is 0.176 e. The molecule has 4 rings (SSSR count). The number of nitrogens with zero attached hydrogens (tertiary/aromatic N) is 3. The monoisotopic (exact) mass is 476 g/mol. The van der Waals surface area contributed by atoms with Crippen molar-refractivity contribution in [3.05, 3.63) is 80.7 Å². The van der Waals surface area contributed by atoms with Crippen LogP contribution in [0.25, 0.3) is 0 Å². The van der Waals surface area contributed by atoms with Crippen LogP contribution in [0.3, 0.4) is 0 Å². The van der Waals surface area contributed by atoms with E-state index in [1.54, 1.807) is 12.1 Å². The van der Waals surface area contributed by atoms with Gasteiger partial charge in [-0.1, -0.05) is 58.3 Å². The molecular formula is C22H19Cl2FN4OS. The Morgan fingerprint density at radius 2 is 1.97 bits per heavy atom.